The molecular weight excluding hydrogens is 479 g/mol. The van der Waals surface area contributed by atoms with Crippen LogP contribution in [-0.4, -0.2) is 92.4 Å². The quantitative estimate of drug-likeness (QED) is 0.425. The van der Waals surface area contributed by atoms with Crippen LogP contribution in [0.3, 0.4) is 0 Å². The smallest absolute Gasteiger partial charge is 0.314 e. The molecule has 1 atom stereocenters. The van der Waals surface area contributed by atoms with Crippen LogP contribution in [0, 0.1) is 5.82 Å². The van der Waals surface area contributed by atoms with Gasteiger partial charge >= 0.3 is 5.97 Å². The third-order valence-electron chi connectivity index (χ3n) is 6.94. The molecule has 0 saturated carbocycles. The van der Waals surface area contributed by atoms with Crippen LogP contribution >= 0.6 is 0 Å². The number of methoxy groups -OCH3 is 2. The molecule has 2 aliphatic heterocycles. The number of hydrogen-bond acceptors (Lipinski definition) is 9. The van der Waals surface area contributed by atoms with Gasteiger partial charge < -0.3 is 23.8 Å². The molecule has 0 N–H and O–H groups in total. The lowest BCUT2D eigenvalue weighted by Crippen LogP contribution is -2.48. The van der Waals surface area contributed by atoms with Gasteiger partial charge in [0.05, 0.1) is 31.9 Å². The van der Waals surface area contributed by atoms with Gasteiger partial charge in [-0.1, -0.05) is 0 Å². The van der Waals surface area contributed by atoms with E-state index in [1.54, 1.807) is 18.3 Å². The fraction of sp³-hybridized carbons (Fsp3) is 0.444. The second-order valence-electron chi connectivity index (χ2n) is 9.17. The second-order valence-corrected chi connectivity index (χ2v) is 9.17. The Bertz CT molecular complexity index is 1270. The highest BCUT2D eigenvalue weighted by molar-refractivity contribution is 5.89. The van der Waals surface area contributed by atoms with E-state index in [2.05, 4.69) is 19.8 Å². The van der Waals surface area contributed by atoms with Crippen molar-refractivity contribution in [3.05, 3.63) is 53.6 Å². The number of carbonyl (C=O) groups excluding carboxylic acids is 1. The van der Waals surface area contributed by atoms with Crippen molar-refractivity contribution in [3.8, 4) is 17.4 Å². The topological polar surface area (TPSA) is 86.3 Å². The van der Waals surface area contributed by atoms with Crippen molar-refractivity contribution in [3.63, 3.8) is 0 Å². The largest absolute Gasteiger partial charge is 0.486 e. The maximum absolute atomic E-state index is 15.1. The van der Waals surface area contributed by atoms with Gasteiger partial charge in [0.2, 0.25) is 5.88 Å². The van der Waals surface area contributed by atoms with E-state index in [0.717, 1.165) is 56.0 Å². The average molecular weight is 511 g/mol. The first-order valence-electron chi connectivity index (χ1n) is 12.5. The zero-order valence-corrected chi connectivity index (χ0v) is 21.1. The number of rotatable bonds is 8. The number of ether oxygens (including phenoxy) is 4. The lowest BCUT2D eigenvalue weighted by atomic mass is 9.94. The fourth-order valence-corrected chi connectivity index (χ4v) is 4.89. The first kappa shape index (κ1) is 25.2. The SMILES string of the molecule is COC(=O)C(CN1CCN(CCc2cc3c(cn2)OCCO3)CC1)c1c(F)ccc2ccc(OC)nc12. The van der Waals surface area contributed by atoms with E-state index >= 15 is 4.39 Å². The molecule has 3 aromatic rings. The van der Waals surface area contributed by atoms with Gasteiger partial charge in [0.1, 0.15) is 19.0 Å². The Hall–Kier alpha value is -3.50. The first-order chi connectivity index (χ1) is 18.1. The Kier molecular flexibility index (Phi) is 7.66. The highest BCUT2D eigenvalue weighted by Crippen LogP contribution is 2.31. The number of pyridine rings is 2. The van der Waals surface area contributed by atoms with Crippen LogP contribution < -0.4 is 14.2 Å². The Labute approximate surface area is 215 Å². The van der Waals surface area contributed by atoms with Gasteiger partial charge in [0.15, 0.2) is 11.5 Å². The van der Waals surface area contributed by atoms with Crippen LogP contribution in [0.25, 0.3) is 10.9 Å². The summed E-state index contributed by atoms with van der Waals surface area (Å²) in [4.78, 5) is 26.4. The lowest BCUT2D eigenvalue weighted by molar-refractivity contribution is -0.143. The van der Waals surface area contributed by atoms with Gasteiger partial charge in [-0.15, -0.1) is 0 Å². The Balaban J connectivity index is 1.24. The summed E-state index contributed by atoms with van der Waals surface area (Å²) in [5, 5.41) is 0.740. The lowest BCUT2D eigenvalue weighted by Gasteiger charge is -2.36. The van der Waals surface area contributed by atoms with E-state index < -0.39 is 17.7 Å². The van der Waals surface area contributed by atoms with Crippen LogP contribution in [0.15, 0.2) is 36.5 Å². The third kappa shape index (κ3) is 5.60. The minimum atomic E-state index is -0.804. The van der Waals surface area contributed by atoms with Crippen molar-refractivity contribution in [2.75, 3.05) is 66.7 Å². The van der Waals surface area contributed by atoms with Gasteiger partial charge in [-0.25, -0.2) is 9.37 Å². The fourth-order valence-electron chi connectivity index (χ4n) is 4.89. The molecule has 4 heterocycles. The number of halogens is 1. The minimum absolute atomic E-state index is 0.246. The Morgan fingerprint density at radius 2 is 1.78 bits per heavy atom. The summed E-state index contributed by atoms with van der Waals surface area (Å²) >= 11 is 0. The Morgan fingerprint density at radius 1 is 1.05 bits per heavy atom. The van der Waals surface area contributed by atoms with E-state index in [9.17, 15) is 4.79 Å². The zero-order valence-electron chi connectivity index (χ0n) is 21.1. The van der Waals surface area contributed by atoms with Crippen molar-refractivity contribution >= 4 is 16.9 Å². The van der Waals surface area contributed by atoms with Crippen LogP contribution in [-0.2, 0) is 16.0 Å². The molecule has 1 unspecified atom stereocenters. The van der Waals surface area contributed by atoms with Gasteiger partial charge in [-0.3, -0.25) is 14.7 Å². The van der Waals surface area contributed by atoms with Gasteiger partial charge in [-0.05, 0) is 18.2 Å². The number of nitrogens with zero attached hydrogens (tertiary/aromatic N) is 4. The second kappa shape index (κ2) is 11.3. The van der Waals surface area contributed by atoms with Crippen LogP contribution in [0.5, 0.6) is 17.4 Å². The summed E-state index contributed by atoms with van der Waals surface area (Å²) < 4.78 is 36.7. The molecule has 196 valence electrons. The molecule has 0 bridgehead atoms. The standard InChI is InChI=1S/C27H31FN4O5/c1-34-24-6-4-18-3-5-21(28)25(26(18)30-24)20(27(33)35-2)17-32-11-9-31(10-12-32)8-7-19-15-22-23(16-29-19)37-14-13-36-22/h3-6,15-16,20H,7-14,17H2,1-2H3. The highest BCUT2D eigenvalue weighted by Gasteiger charge is 2.31. The molecule has 1 saturated heterocycles. The molecule has 2 aromatic heterocycles. The van der Waals surface area contributed by atoms with E-state index in [4.69, 9.17) is 18.9 Å². The minimum Gasteiger partial charge on any atom is -0.486 e. The van der Waals surface area contributed by atoms with E-state index in [1.807, 2.05) is 12.1 Å². The molecule has 9 nitrogen and oxygen atoms in total. The maximum atomic E-state index is 15.1. The summed E-state index contributed by atoms with van der Waals surface area (Å²) in [6.45, 7) is 5.49. The van der Waals surface area contributed by atoms with E-state index in [-0.39, 0.29) is 5.56 Å². The van der Waals surface area contributed by atoms with Gasteiger partial charge in [0.25, 0.3) is 0 Å². The van der Waals surface area contributed by atoms with Crippen molar-refractivity contribution in [2.24, 2.45) is 0 Å². The number of hydrogen-bond donors (Lipinski definition) is 0. The monoisotopic (exact) mass is 510 g/mol. The average Bonchev–Trinajstić information content (AvgIpc) is 2.95. The van der Waals surface area contributed by atoms with Crippen molar-refractivity contribution in [1.82, 2.24) is 19.8 Å². The molecule has 0 aliphatic carbocycles. The van der Waals surface area contributed by atoms with Crippen molar-refractivity contribution in [2.45, 2.75) is 12.3 Å². The highest BCUT2D eigenvalue weighted by atomic mass is 19.1. The summed E-state index contributed by atoms with van der Waals surface area (Å²) in [7, 11) is 2.84. The number of piperazine rings is 1. The molecule has 1 fully saturated rings. The molecule has 37 heavy (non-hydrogen) atoms. The Morgan fingerprint density at radius 3 is 2.54 bits per heavy atom. The molecular formula is C27H31FN4O5. The molecule has 2 aliphatic rings. The van der Waals surface area contributed by atoms with Crippen LogP contribution in [0.2, 0.25) is 0 Å². The van der Waals surface area contributed by atoms with Gasteiger partial charge in [0, 0.05) is 74.5 Å². The number of carbonyl (C=O) groups is 1. The number of fused-ring (bicyclic) bond motifs is 2. The van der Waals surface area contributed by atoms with Crippen molar-refractivity contribution in [1.29, 1.82) is 0 Å². The summed E-state index contributed by atoms with van der Waals surface area (Å²) in [6.07, 6.45) is 2.53. The predicted octanol–water partition coefficient (Wildman–Crippen LogP) is 2.67. The third-order valence-corrected chi connectivity index (χ3v) is 6.94. The van der Waals surface area contributed by atoms with Crippen LogP contribution in [0.1, 0.15) is 17.2 Å². The first-order valence-corrected chi connectivity index (χ1v) is 12.5. The summed E-state index contributed by atoms with van der Waals surface area (Å²) in [5.41, 5.74) is 1.63. The normalized spacial score (nSPS) is 16.9. The number of benzene rings is 1. The molecule has 1 aromatic carbocycles. The number of aromatic nitrogens is 2. The van der Waals surface area contributed by atoms with Crippen molar-refractivity contribution < 1.29 is 28.1 Å². The summed E-state index contributed by atoms with van der Waals surface area (Å²) in [6, 6.07) is 8.52. The predicted molar refractivity (Wildman–Crippen MR) is 135 cm³/mol. The van der Waals surface area contributed by atoms with Crippen LogP contribution in [0.4, 0.5) is 4.39 Å². The molecule has 10 heteroatoms. The zero-order chi connectivity index (χ0) is 25.8. The number of esters is 1. The maximum Gasteiger partial charge on any atom is 0.314 e. The summed E-state index contributed by atoms with van der Waals surface area (Å²) in [5.74, 6) is 0.0472. The van der Waals surface area contributed by atoms with E-state index in [0.29, 0.717) is 36.9 Å². The molecule has 0 amide bonds. The van der Waals surface area contributed by atoms with E-state index in [1.165, 1.54) is 20.3 Å². The van der Waals surface area contributed by atoms with Gasteiger partial charge in [-0.2, -0.15) is 0 Å². The molecule has 5 rings (SSSR count). The molecule has 0 radical (unpaired) electrons. The molecule has 0 spiro atoms.